The predicted octanol–water partition coefficient (Wildman–Crippen LogP) is 1.52. The molecule has 0 aliphatic heterocycles. The molecule has 0 bridgehead atoms. The van der Waals surface area contributed by atoms with E-state index in [2.05, 4.69) is 4.98 Å². The number of para-hydroxylation sites is 1. The lowest BCUT2D eigenvalue weighted by Gasteiger charge is -1.95. The summed E-state index contributed by atoms with van der Waals surface area (Å²) < 4.78 is 0. The van der Waals surface area contributed by atoms with Gasteiger partial charge in [0.2, 0.25) is 0 Å². The molecule has 1 heterocycles. The lowest BCUT2D eigenvalue weighted by Crippen LogP contribution is -1.93. The van der Waals surface area contributed by atoms with Crippen LogP contribution < -0.4 is 0 Å². The molecule has 0 fully saturated rings. The SMILES string of the molecule is O=Cc1[nH]c2ccccc2c1CCO. The first-order valence-electron chi connectivity index (χ1n) is 4.52. The highest BCUT2D eigenvalue weighted by Gasteiger charge is 2.08. The quantitative estimate of drug-likeness (QED) is 0.719. The molecule has 0 radical (unpaired) electrons. The molecule has 1 aromatic heterocycles. The summed E-state index contributed by atoms with van der Waals surface area (Å²) in [6.07, 6.45) is 1.31. The molecule has 0 unspecified atom stereocenters. The number of nitrogens with one attached hydrogen (secondary N) is 1. The minimum absolute atomic E-state index is 0.0582. The fourth-order valence-corrected chi connectivity index (χ4v) is 1.70. The molecule has 0 aliphatic carbocycles. The normalized spacial score (nSPS) is 10.6. The maximum Gasteiger partial charge on any atom is 0.166 e. The third kappa shape index (κ3) is 1.32. The Labute approximate surface area is 81.4 Å². The fourth-order valence-electron chi connectivity index (χ4n) is 1.70. The Balaban J connectivity index is 2.67. The van der Waals surface area contributed by atoms with E-state index < -0.39 is 0 Å². The molecule has 2 rings (SSSR count). The van der Waals surface area contributed by atoms with E-state index in [-0.39, 0.29) is 6.61 Å². The molecule has 14 heavy (non-hydrogen) atoms. The number of hydrogen-bond acceptors (Lipinski definition) is 2. The van der Waals surface area contributed by atoms with Crippen molar-refractivity contribution in [2.45, 2.75) is 6.42 Å². The second-order valence-electron chi connectivity index (χ2n) is 3.15. The minimum Gasteiger partial charge on any atom is -0.396 e. The van der Waals surface area contributed by atoms with Gasteiger partial charge >= 0.3 is 0 Å². The van der Waals surface area contributed by atoms with Gasteiger partial charge in [-0.1, -0.05) is 18.2 Å². The first-order valence-corrected chi connectivity index (χ1v) is 4.52. The van der Waals surface area contributed by atoms with Gasteiger partial charge in [0.1, 0.15) is 0 Å². The van der Waals surface area contributed by atoms with Crippen molar-refractivity contribution in [2.24, 2.45) is 0 Å². The molecule has 2 aromatic rings. The number of aliphatic hydroxyl groups is 1. The Morgan fingerprint density at radius 2 is 2.14 bits per heavy atom. The van der Waals surface area contributed by atoms with E-state index in [1.54, 1.807) is 0 Å². The van der Waals surface area contributed by atoms with Crippen LogP contribution in [0.1, 0.15) is 16.1 Å². The molecular weight excluding hydrogens is 178 g/mol. The van der Waals surface area contributed by atoms with Crippen molar-refractivity contribution in [1.29, 1.82) is 0 Å². The van der Waals surface area contributed by atoms with E-state index in [0.717, 1.165) is 22.8 Å². The number of fused-ring (bicyclic) bond motifs is 1. The third-order valence-corrected chi connectivity index (χ3v) is 2.33. The van der Waals surface area contributed by atoms with E-state index in [9.17, 15) is 4.79 Å². The van der Waals surface area contributed by atoms with Crippen molar-refractivity contribution in [3.05, 3.63) is 35.5 Å². The van der Waals surface area contributed by atoms with Gasteiger partial charge in [0.05, 0.1) is 5.69 Å². The van der Waals surface area contributed by atoms with Gasteiger partial charge in [-0.25, -0.2) is 0 Å². The minimum atomic E-state index is 0.0582. The van der Waals surface area contributed by atoms with Crippen molar-refractivity contribution in [1.82, 2.24) is 4.98 Å². The van der Waals surface area contributed by atoms with Crippen molar-refractivity contribution in [2.75, 3.05) is 6.61 Å². The Morgan fingerprint density at radius 3 is 2.86 bits per heavy atom. The summed E-state index contributed by atoms with van der Waals surface area (Å²) in [7, 11) is 0. The highest BCUT2D eigenvalue weighted by Crippen LogP contribution is 2.21. The number of aldehydes is 1. The van der Waals surface area contributed by atoms with Crippen molar-refractivity contribution < 1.29 is 9.90 Å². The maximum atomic E-state index is 10.8. The van der Waals surface area contributed by atoms with Gasteiger partial charge < -0.3 is 10.1 Å². The standard InChI is InChI=1S/C11H11NO2/c13-6-5-9-8-3-1-2-4-10(8)12-11(9)7-14/h1-4,7,12-13H,5-6H2. The van der Waals surface area contributed by atoms with Gasteiger partial charge in [-0.2, -0.15) is 0 Å². The number of carbonyl (C=O) groups is 1. The van der Waals surface area contributed by atoms with Crippen LogP contribution in [0.3, 0.4) is 0 Å². The molecule has 0 amide bonds. The molecule has 3 heteroatoms. The largest absolute Gasteiger partial charge is 0.396 e. The smallest absolute Gasteiger partial charge is 0.166 e. The average molecular weight is 189 g/mol. The van der Waals surface area contributed by atoms with Crippen molar-refractivity contribution in [3.8, 4) is 0 Å². The first-order chi connectivity index (χ1) is 6.86. The summed E-state index contributed by atoms with van der Waals surface area (Å²) >= 11 is 0. The van der Waals surface area contributed by atoms with Crippen LogP contribution in [0.4, 0.5) is 0 Å². The monoisotopic (exact) mass is 189 g/mol. The number of hydrogen-bond donors (Lipinski definition) is 2. The van der Waals surface area contributed by atoms with Gasteiger partial charge in [-0.05, 0) is 18.1 Å². The lowest BCUT2D eigenvalue weighted by molar-refractivity contribution is 0.111. The zero-order valence-electron chi connectivity index (χ0n) is 7.66. The Morgan fingerprint density at radius 1 is 1.36 bits per heavy atom. The summed E-state index contributed by atoms with van der Waals surface area (Å²) in [5, 5.41) is 9.90. The molecule has 0 saturated carbocycles. The molecule has 0 aliphatic rings. The summed E-state index contributed by atoms with van der Waals surface area (Å²) in [5.41, 5.74) is 2.41. The summed E-state index contributed by atoms with van der Waals surface area (Å²) in [5.74, 6) is 0. The molecule has 3 nitrogen and oxygen atoms in total. The van der Waals surface area contributed by atoms with Crippen LogP contribution in [0.25, 0.3) is 10.9 Å². The molecule has 0 spiro atoms. The zero-order valence-corrected chi connectivity index (χ0v) is 7.66. The first kappa shape index (κ1) is 8.97. The van der Waals surface area contributed by atoms with Crippen LogP contribution in [-0.2, 0) is 6.42 Å². The predicted molar refractivity (Wildman–Crippen MR) is 54.5 cm³/mol. The number of aliphatic hydroxyl groups excluding tert-OH is 1. The van der Waals surface area contributed by atoms with Crippen molar-refractivity contribution >= 4 is 17.2 Å². The average Bonchev–Trinajstić information content (AvgIpc) is 2.58. The Bertz CT molecular complexity index is 459. The van der Waals surface area contributed by atoms with E-state index in [1.165, 1.54) is 0 Å². The highest BCUT2D eigenvalue weighted by atomic mass is 16.3. The number of aromatic nitrogens is 1. The summed E-state index contributed by atoms with van der Waals surface area (Å²) in [4.78, 5) is 13.8. The van der Waals surface area contributed by atoms with Gasteiger partial charge in [-0.3, -0.25) is 4.79 Å². The summed E-state index contributed by atoms with van der Waals surface area (Å²) in [6.45, 7) is 0.0582. The topological polar surface area (TPSA) is 53.1 Å². The van der Waals surface area contributed by atoms with E-state index in [1.807, 2.05) is 24.3 Å². The number of carbonyl (C=O) groups excluding carboxylic acids is 1. The molecule has 0 atom stereocenters. The Kier molecular flexibility index (Phi) is 2.33. The molecule has 1 aromatic carbocycles. The van der Waals surface area contributed by atoms with Crippen LogP contribution in [-0.4, -0.2) is 23.0 Å². The van der Waals surface area contributed by atoms with Gasteiger partial charge in [0.25, 0.3) is 0 Å². The van der Waals surface area contributed by atoms with Gasteiger partial charge in [0, 0.05) is 17.5 Å². The molecule has 0 saturated heterocycles. The Hall–Kier alpha value is -1.61. The number of H-pyrrole nitrogens is 1. The van der Waals surface area contributed by atoms with Gasteiger partial charge in [-0.15, -0.1) is 0 Å². The molecule has 2 N–H and O–H groups in total. The van der Waals surface area contributed by atoms with Crippen LogP contribution in [0.2, 0.25) is 0 Å². The van der Waals surface area contributed by atoms with Gasteiger partial charge in [0.15, 0.2) is 6.29 Å². The second-order valence-corrected chi connectivity index (χ2v) is 3.15. The number of benzene rings is 1. The fraction of sp³-hybridized carbons (Fsp3) is 0.182. The lowest BCUT2D eigenvalue weighted by atomic mass is 10.1. The molecular formula is C11H11NO2. The highest BCUT2D eigenvalue weighted by molar-refractivity contribution is 5.92. The van der Waals surface area contributed by atoms with Crippen LogP contribution in [0, 0.1) is 0 Å². The maximum absolute atomic E-state index is 10.8. The van der Waals surface area contributed by atoms with E-state index in [0.29, 0.717) is 12.1 Å². The van der Waals surface area contributed by atoms with Crippen LogP contribution in [0.5, 0.6) is 0 Å². The van der Waals surface area contributed by atoms with Crippen LogP contribution in [0.15, 0.2) is 24.3 Å². The zero-order chi connectivity index (χ0) is 9.97. The second kappa shape index (κ2) is 3.64. The van der Waals surface area contributed by atoms with E-state index >= 15 is 0 Å². The number of aromatic amines is 1. The van der Waals surface area contributed by atoms with Crippen molar-refractivity contribution in [3.63, 3.8) is 0 Å². The van der Waals surface area contributed by atoms with E-state index in [4.69, 9.17) is 5.11 Å². The van der Waals surface area contributed by atoms with Crippen LogP contribution >= 0.6 is 0 Å². The number of rotatable bonds is 3. The summed E-state index contributed by atoms with van der Waals surface area (Å²) in [6, 6.07) is 7.70. The molecule has 72 valence electrons. The third-order valence-electron chi connectivity index (χ3n) is 2.33.